The van der Waals surface area contributed by atoms with Crippen molar-refractivity contribution in [2.24, 2.45) is 0 Å². The summed E-state index contributed by atoms with van der Waals surface area (Å²) in [5.41, 5.74) is 3.09. The zero-order valence-corrected chi connectivity index (χ0v) is 15.6. The normalized spacial score (nSPS) is 16.8. The second-order valence-corrected chi connectivity index (χ2v) is 6.71. The molecule has 1 fully saturated rings. The number of carbonyl (C=O) groups is 2. The van der Waals surface area contributed by atoms with Gasteiger partial charge in [-0.3, -0.25) is 4.79 Å². The third-order valence-corrected chi connectivity index (χ3v) is 4.96. The van der Waals surface area contributed by atoms with Crippen LogP contribution in [0.4, 0.5) is 0 Å². The van der Waals surface area contributed by atoms with Gasteiger partial charge in [0, 0.05) is 12.1 Å². The fourth-order valence-electron chi connectivity index (χ4n) is 3.44. The summed E-state index contributed by atoms with van der Waals surface area (Å²) in [7, 11) is 0. The van der Waals surface area contributed by atoms with Crippen LogP contribution in [0.1, 0.15) is 46.9 Å². The van der Waals surface area contributed by atoms with Crippen LogP contribution >= 0.6 is 0 Å². The summed E-state index contributed by atoms with van der Waals surface area (Å²) in [6.45, 7) is 2.84. The van der Waals surface area contributed by atoms with Crippen molar-refractivity contribution in [1.82, 2.24) is 4.90 Å². The quantitative estimate of drug-likeness (QED) is 0.821. The van der Waals surface area contributed by atoms with E-state index in [0.29, 0.717) is 24.3 Å². The molecule has 2 aromatic carbocycles. The lowest BCUT2D eigenvalue weighted by Gasteiger charge is -2.34. The molecule has 5 nitrogen and oxygen atoms in total. The van der Waals surface area contributed by atoms with E-state index in [1.165, 1.54) is 0 Å². The van der Waals surface area contributed by atoms with Crippen molar-refractivity contribution in [3.05, 3.63) is 59.7 Å². The third kappa shape index (κ3) is 4.37. The van der Waals surface area contributed by atoms with E-state index >= 15 is 0 Å². The number of benzene rings is 2. The Kier molecular flexibility index (Phi) is 6.24. The number of aliphatic hydroxyl groups is 1. The molecule has 27 heavy (non-hydrogen) atoms. The van der Waals surface area contributed by atoms with Gasteiger partial charge in [0.2, 0.25) is 0 Å². The highest BCUT2D eigenvalue weighted by atomic mass is 16.5. The summed E-state index contributed by atoms with van der Waals surface area (Å²) in [6.07, 6.45) is 2.88. The number of nitrogens with zero attached hydrogens (tertiary/aromatic N) is 1. The smallest absolute Gasteiger partial charge is 0.338 e. The van der Waals surface area contributed by atoms with E-state index in [2.05, 4.69) is 0 Å². The van der Waals surface area contributed by atoms with E-state index < -0.39 is 0 Å². The second kappa shape index (κ2) is 8.82. The Labute approximate surface area is 159 Å². The SMILES string of the molecule is CCOC(=O)c1ccc(-c2ccc(C(=O)N3CCCC[C@H]3CO)cc2)cc1. The molecule has 5 heteroatoms. The first-order valence-electron chi connectivity index (χ1n) is 9.43. The fraction of sp³-hybridized carbons (Fsp3) is 0.364. The van der Waals surface area contributed by atoms with Crippen LogP contribution in [-0.2, 0) is 4.74 Å². The molecule has 1 aliphatic heterocycles. The van der Waals surface area contributed by atoms with Crippen LogP contribution in [0.15, 0.2) is 48.5 Å². The highest BCUT2D eigenvalue weighted by Crippen LogP contribution is 2.23. The first kappa shape index (κ1) is 19.1. The molecule has 2 aromatic rings. The van der Waals surface area contributed by atoms with Gasteiger partial charge < -0.3 is 14.7 Å². The maximum absolute atomic E-state index is 12.8. The van der Waals surface area contributed by atoms with Crippen LogP contribution in [0.2, 0.25) is 0 Å². The molecule has 3 rings (SSSR count). The summed E-state index contributed by atoms with van der Waals surface area (Å²) >= 11 is 0. The van der Waals surface area contributed by atoms with Crippen LogP contribution in [0, 0.1) is 0 Å². The number of ether oxygens (including phenoxy) is 1. The van der Waals surface area contributed by atoms with Gasteiger partial charge in [-0.15, -0.1) is 0 Å². The van der Waals surface area contributed by atoms with Crippen molar-refractivity contribution in [1.29, 1.82) is 0 Å². The van der Waals surface area contributed by atoms with Gasteiger partial charge >= 0.3 is 5.97 Å². The first-order valence-corrected chi connectivity index (χ1v) is 9.43. The molecular formula is C22H25NO4. The van der Waals surface area contributed by atoms with Gasteiger partial charge in [0.15, 0.2) is 0 Å². The predicted octanol–water partition coefficient (Wildman–Crippen LogP) is 3.52. The van der Waals surface area contributed by atoms with Crippen LogP contribution in [0.5, 0.6) is 0 Å². The summed E-state index contributed by atoms with van der Waals surface area (Å²) in [5, 5.41) is 9.52. The molecule has 1 atom stereocenters. The van der Waals surface area contributed by atoms with Gasteiger partial charge in [0.25, 0.3) is 5.91 Å². The lowest BCUT2D eigenvalue weighted by Crippen LogP contribution is -2.45. The Morgan fingerprint density at radius 1 is 1.00 bits per heavy atom. The highest BCUT2D eigenvalue weighted by molar-refractivity contribution is 5.95. The molecular weight excluding hydrogens is 342 g/mol. The standard InChI is InChI=1S/C22H25NO4/c1-2-27-22(26)19-12-8-17(9-13-19)16-6-10-18(11-7-16)21(25)23-14-4-3-5-20(23)15-24/h6-13,20,24H,2-5,14-15H2,1H3/t20-/m0/s1. The number of aliphatic hydroxyl groups excluding tert-OH is 1. The molecule has 1 amide bonds. The Morgan fingerprint density at radius 2 is 1.59 bits per heavy atom. The molecule has 0 spiro atoms. The van der Waals surface area contributed by atoms with Crippen LogP contribution in [0.25, 0.3) is 11.1 Å². The van der Waals surface area contributed by atoms with Crippen LogP contribution in [-0.4, -0.2) is 47.7 Å². The highest BCUT2D eigenvalue weighted by Gasteiger charge is 2.26. The predicted molar refractivity (Wildman–Crippen MR) is 104 cm³/mol. The number of esters is 1. The molecule has 0 unspecified atom stereocenters. The molecule has 0 bridgehead atoms. The molecule has 1 aliphatic rings. The topological polar surface area (TPSA) is 66.8 Å². The van der Waals surface area contributed by atoms with Gasteiger partial charge in [0.1, 0.15) is 0 Å². The van der Waals surface area contributed by atoms with E-state index in [-0.39, 0.29) is 24.5 Å². The Bertz CT molecular complexity index is 783. The average Bonchev–Trinajstić information content (AvgIpc) is 2.73. The lowest BCUT2D eigenvalue weighted by molar-refractivity contribution is 0.0501. The van der Waals surface area contributed by atoms with E-state index in [4.69, 9.17) is 4.74 Å². The monoisotopic (exact) mass is 367 g/mol. The maximum Gasteiger partial charge on any atom is 0.338 e. The molecule has 0 saturated carbocycles. The molecule has 1 heterocycles. The molecule has 1 N–H and O–H groups in total. The molecule has 142 valence electrons. The van der Waals surface area contributed by atoms with Crippen molar-refractivity contribution >= 4 is 11.9 Å². The number of likely N-dealkylation sites (tertiary alicyclic amines) is 1. The zero-order chi connectivity index (χ0) is 19.2. The Morgan fingerprint density at radius 3 is 2.15 bits per heavy atom. The van der Waals surface area contributed by atoms with E-state index in [1.807, 2.05) is 36.4 Å². The van der Waals surface area contributed by atoms with E-state index in [9.17, 15) is 14.7 Å². The summed E-state index contributed by atoms with van der Waals surface area (Å²) in [6, 6.07) is 14.6. The molecule has 0 aromatic heterocycles. The van der Waals surface area contributed by atoms with Crippen molar-refractivity contribution in [2.45, 2.75) is 32.2 Å². The zero-order valence-electron chi connectivity index (χ0n) is 15.6. The van der Waals surface area contributed by atoms with Crippen LogP contribution in [0.3, 0.4) is 0 Å². The minimum Gasteiger partial charge on any atom is -0.462 e. The third-order valence-electron chi connectivity index (χ3n) is 4.96. The number of amides is 1. The number of carbonyl (C=O) groups excluding carboxylic acids is 2. The summed E-state index contributed by atoms with van der Waals surface area (Å²) in [5.74, 6) is -0.358. The minimum absolute atomic E-state index is 0.0106. The molecule has 0 aliphatic carbocycles. The van der Waals surface area contributed by atoms with Gasteiger partial charge in [-0.1, -0.05) is 24.3 Å². The second-order valence-electron chi connectivity index (χ2n) is 6.71. The fourth-order valence-corrected chi connectivity index (χ4v) is 3.44. The van der Waals surface area contributed by atoms with E-state index in [0.717, 1.165) is 30.4 Å². The van der Waals surface area contributed by atoms with Crippen molar-refractivity contribution in [2.75, 3.05) is 19.8 Å². The lowest BCUT2D eigenvalue weighted by atomic mass is 9.99. The molecule has 1 saturated heterocycles. The maximum atomic E-state index is 12.8. The largest absolute Gasteiger partial charge is 0.462 e. The summed E-state index contributed by atoms with van der Waals surface area (Å²) < 4.78 is 4.99. The molecule has 0 radical (unpaired) electrons. The summed E-state index contributed by atoms with van der Waals surface area (Å²) in [4.78, 5) is 26.3. The number of hydrogen-bond donors (Lipinski definition) is 1. The Hall–Kier alpha value is -2.66. The number of rotatable bonds is 5. The van der Waals surface area contributed by atoms with Gasteiger partial charge in [-0.2, -0.15) is 0 Å². The minimum atomic E-state index is -0.329. The number of piperidine rings is 1. The van der Waals surface area contributed by atoms with Crippen molar-refractivity contribution < 1.29 is 19.4 Å². The van der Waals surface area contributed by atoms with Crippen molar-refractivity contribution in [3.63, 3.8) is 0 Å². The first-order chi connectivity index (χ1) is 13.1. The van der Waals surface area contributed by atoms with E-state index in [1.54, 1.807) is 24.0 Å². The Balaban J connectivity index is 1.73. The average molecular weight is 367 g/mol. The van der Waals surface area contributed by atoms with Gasteiger partial charge in [0.05, 0.1) is 24.8 Å². The van der Waals surface area contributed by atoms with Crippen LogP contribution < -0.4 is 0 Å². The van der Waals surface area contributed by atoms with Crippen molar-refractivity contribution in [3.8, 4) is 11.1 Å². The number of hydrogen-bond acceptors (Lipinski definition) is 4. The van der Waals surface area contributed by atoms with Gasteiger partial charge in [-0.25, -0.2) is 4.79 Å². The van der Waals surface area contributed by atoms with Gasteiger partial charge in [-0.05, 0) is 61.6 Å².